The molecule has 0 unspecified atom stereocenters. The summed E-state index contributed by atoms with van der Waals surface area (Å²) in [6, 6.07) is 7.10. The summed E-state index contributed by atoms with van der Waals surface area (Å²) in [6.45, 7) is 0. The lowest BCUT2D eigenvalue weighted by Gasteiger charge is -2.28. The molecule has 1 aliphatic carbocycles. The SMILES string of the molecule is O=C(O)CC1(NC(=O)c2cccc(Br)c2)CCCC1. The maximum Gasteiger partial charge on any atom is 0.305 e. The van der Waals surface area contributed by atoms with Gasteiger partial charge in [0.1, 0.15) is 0 Å². The number of carboxylic acids is 1. The molecule has 19 heavy (non-hydrogen) atoms. The number of amides is 1. The number of hydrogen-bond donors (Lipinski definition) is 2. The van der Waals surface area contributed by atoms with E-state index in [1.807, 2.05) is 6.07 Å². The molecule has 1 amide bonds. The summed E-state index contributed by atoms with van der Waals surface area (Å²) < 4.78 is 0.832. The fraction of sp³-hybridized carbons (Fsp3) is 0.429. The molecule has 2 rings (SSSR count). The minimum atomic E-state index is -0.864. The molecule has 0 aromatic heterocycles. The Morgan fingerprint density at radius 2 is 2.00 bits per heavy atom. The second kappa shape index (κ2) is 5.74. The molecule has 1 fully saturated rings. The summed E-state index contributed by atoms with van der Waals surface area (Å²) in [5.41, 5.74) is -0.0309. The van der Waals surface area contributed by atoms with Crippen molar-refractivity contribution < 1.29 is 14.7 Å². The minimum absolute atomic E-state index is 0.00720. The quantitative estimate of drug-likeness (QED) is 0.894. The van der Waals surface area contributed by atoms with Gasteiger partial charge in [0, 0.05) is 10.0 Å². The number of hydrogen-bond acceptors (Lipinski definition) is 2. The zero-order chi connectivity index (χ0) is 13.9. The Kier molecular flexibility index (Phi) is 4.24. The third-order valence-electron chi connectivity index (χ3n) is 3.52. The Morgan fingerprint density at radius 1 is 1.32 bits per heavy atom. The van der Waals surface area contributed by atoms with Crippen molar-refractivity contribution in [2.24, 2.45) is 0 Å². The zero-order valence-electron chi connectivity index (χ0n) is 10.5. The molecule has 0 saturated heterocycles. The Labute approximate surface area is 120 Å². The lowest BCUT2D eigenvalue weighted by Crippen LogP contribution is -2.47. The van der Waals surface area contributed by atoms with Gasteiger partial charge in [0.25, 0.3) is 5.91 Å². The van der Waals surface area contributed by atoms with Crippen LogP contribution < -0.4 is 5.32 Å². The molecule has 1 saturated carbocycles. The predicted molar refractivity (Wildman–Crippen MR) is 75.1 cm³/mol. The summed E-state index contributed by atoms with van der Waals surface area (Å²) >= 11 is 3.32. The topological polar surface area (TPSA) is 66.4 Å². The molecular formula is C14H16BrNO3. The normalized spacial score (nSPS) is 17.1. The highest BCUT2D eigenvalue weighted by Crippen LogP contribution is 2.33. The van der Waals surface area contributed by atoms with Crippen LogP contribution in [-0.2, 0) is 4.79 Å². The van der Waals surface area contributed by atoms with Gasteiger partial charge in [-0.05, 0) is 31.0 Å². The molecule has 5 heteroatoms. The van der Waals surface area contributed by atoms with E-state index in [2.05, 4.69) is 21.2 Å². The minimum Gasteiger partial charge on any atom is -0.481 e. The fourth-order valence-electron chi connectivity index (χ4n) is 2.63. The third kappa shape index (κ3) is 3.56. The summed E-state index contributed by atoms with van der Waals surface area (Å²) in [5, 5.41) is 11.9. The van der Waals surface area contributed by atoms with Gasteiger partial charge in [0.2, 0.25) is 0 Å². The first kappa shape index (κ1) is 14.1. The number of halogens is 1. The Hall–Kier alpha value is -1.36. The number of aliphatic carboxylic acids is 1. The largest absolute Gasteiger partial charge is 0.481 e. The molecule has 1 aliphatic rings. The summed E-state index contributed by atoms with van der Waals surface area (Å²) in [5.74, 6) is -1.07. The van der Waals surface area contributed by atoms with Gasteiger partial charge in [0.15, 0.2) is 0 Å². The highest BCUT2D eigenvalue weighted by atomic mass is 79.9. The maximum atomic E-state index is 12.2. The van der Waals surface area contributed by atoms with E-state index in [-0.39, 0.29) is 12.3 Å². The molecule has 2 N–H and O–H groups in total. The van der Waals surface area contributed by atoms with Crippen molar-refractivity contribution in [2.75, 3.05) is 0 Å². The Bertz CT molecular complexity index is 495. The van der Waals surface area contributed by atoms with Crippen LogP contribution in [-0.4, -0.2) is 22.5 Å². The number of carbonyl (C=O) groups excluding carboxylic acids is 1. The van der Waals surface area contributed by atoms with E-state index >= 15 is 0 Å². The first-order valence-corrected chi connectivity index (χ1v) is 7.10. The molecule has 4 nitrogen and oxygen atoms in total. The third-order valence-corrected chi connectivity index (χ3v) is 4.01. The van der Waals surface area contributed by atoms with Gasteiger partial charge in [-0.25, -0.2) is 0 Å². The van der Waals surface area contributed by atoms with Crippen LogP contribution in [0.15, 0.2) is 28.7 Å². The van der Waals surface area contributed by atoms with Crippen LogP contribution in [0, 0.1) is 0 Å². The molecular weight excluding hydrogens is 310 g/mol. The highest BCUT2D eigenvalue weighted by Gasteiger charge is 2.37. The van der Waals surface area contributed by atoms with Crippen molar-refractivity contribution in [1.82, 2.24) is 5.32 Å². The Balaban J connectivity index is 2.13. The van der Waals surface area contributed by atoms with Crippen LogP contribution in [0.3, 0.4) is 0 Å². The summed E-state index contributed by atoms with van der Waals surface area (Å²) in [7, 11) is 0. The van der Waals surface area contributed by atoms with Crippen molar-refractivity contribution in [2.45, 2.75) is 37.6 Å². The van der Waals surface area contributed by atoms with E-state index in [4.69, 9.17) is 5.11 Å². The van der Waals surface area contributed by atoms with E-state index in [1.165, 1.54) is 0 Å². The molecule has 0 spiro atoms. The van der Waals surface area contributed by atoms with Crippen LogP contribution >= 0.6 is 15.9 Å². The first-order valence-electron chi connectivity index (χ1n) is 6.31. The molecule has 1 aromatic carbocycles. The van der Waals surface area contributed by atoms with Crippen molar-refractivity contribution in [3.63, 3.8) is 0 Å². The molecule has 102 valence electrons. The standard InChI is InChI=1S/C14H16BrNO3/c15-11-5-3-4-10(8-11)13(19)16-14(9-12(17)18)6-1-2-7-14/h3-5,8H,1-2,6-7,9H2,(H,16,19)(H,17,18). The van der Waals surface area contributed by atoms with E-state index in [0.29, 0.717) is 5.56 Å². The molecule has 0 atom stereocenters. The van der Waals surface area contributed by atoms with Gasteiger partial charge in [-0.1, -0.05) is 34.8 Å². The van der Waals surface area contributed by atoms with Gasteiger partial charge < -0.3 is 10.4 Å². The van der Waals surface area contributed by atoms with Gasteiger partial charge in [-0.3, -0.25) is 9.59 Å². The van der Waals surface area contributed by atoms with Crippen molar-refractivity contribution in [1.29, 1.82) is 0 Å². The molecule has 0 bridgehead atoms. The lowest BCUT2D eigenvalue weighted by atomic mass is 9.92. The van der Waals surface area contributed by atoms with E-state index in [9.17, 15) is 9.59 Å². The van der Waals surface area contributed by atoms with Gasteiger partial charge in [0.05, 0.1) is 12.0 Å². The van der Waals surface area contributed by atoms with Gasteiger partial charge in [-0.15, -0.1) is 0 Å². The summed E-state index contributed by atoms with van der Waals surface area (Å²) in [4.78, 5) is 23.2. The number of carboxylic acid groups (broad SMARTS) is 1. The van der Waals surface area contributed by atoms with Crippen molar-refractivity contribution >= 4 is 27.8 Å². The number of rotatable bonds is 4. The monoisotopic (exact) mass is 325 g/mol. The van der Waals surface area contributed by atoms with Crippen LogP contribution in [0.5, 0.6) is 0 Å². The predicted octanol–water partition coefficient (Wildman–Crippen LogP) is 2.97. The molecule has 0 heterocycles. The number of benzene rings is 1. The van der Waals surface area contributed by atoms with E-state index in [1.54, 1.807) is 18.2 Å². The van der Waals surface area contributed by atoms with Gasteiger partial charge in [-0.2, -0.15) is 0 Å². The lowest BCUT2D eigenvalue weighted by molar-refractivity contribution is -0.138. The van der Waals surface area contributed by atoms with Crippen LogP contribution in [0.4, 0.5) is 0 Å². The van der Waals surface area contributed by atoms with Gasteiger partial charge >= 0.3 is 5.97 Å². The second-order valence-corrected chi connectivity index (χ2v) is 5.94. The fourth-order valence-corrected chi connectivity index (χ4v) is 3.03. The average molecular weight is 326 g/mol. The molecule has 0 aliphatic heterocycles. The first-order chi connectivity index (χ1) is 9.01. The van der Waals surface area contributed by atoms with Crippen LogP contribution in [0.2, 0.25) is 0 Å². The summed E-state index contributed by atoms with van der Waals surface area (Å²) in [6.07, 6.45) is 3.39. The number of nitrogens with one attached hydrogen (secondary N) is 1. The second-order valence-electron chi connectivity index (χ2n) is 5.02. The highest BCUT2D eigenvalue weighted by molar-refractivity contribution is 9.10. The molecule has 1 aromatic rings. The van der Waals surface area contributed by atoms with E-state index < -0.39 is 11.5 Å². The Morgan fingerprint density at radius 3 is 2.58 bits per heavy atom. The van der Waals surface area contributed by atoms with E-state index in [0.717, 1.165) is 30.2 Å². The van der Waals surface area contributed by atoms with Crippen LogP contribution in [0.25, 0.3) is 0 Å². The maximum absolute atomic E-state index is 12.2. The van der Waals surface area contributed by atoms with Crippen LogP contribution in [0.1, 0.15) is 42.5 Å². The average Bonchev–Trinajstić information content (AvgIpc) is 2.76. The smallest absolute Gasteiger partial charge is 0.305 e. The number of carbonyl (C=O) groups is 2. The van der Waals surface area contributed by atoms with Crippen molar-refractivity contribution in [3.05, 3.63) is 34.3 Å². The van der Waals surface area contributed by atoms with Crippen molar-refractivity contribution in [3.8, 4) is 0 Å². The molecule has 0 radical (unpaired) electrons. The zero-order valence-corrected chi connectivity index (χ0v) is 12.1.